The highest BCUT2D eigenvalue weighted by Gasteiger charge is 2.26. The number of rotatable bonds is 4. The Kier molecular flexibility index (Phi) is 5.21. The average Bonchev–Trinajstić information content (AvgIpc) is 2.44. The van der Waals surface area contributed by atoms with Gasteiger partial charge in [0.2, 0.25) is 5.91 Å². The summed E-state index contributed by atoms with van der Waals surface area (Å²) >= 11 is 0. The third-order valence-corrected chi connectivity index (χ3v) is 3.74. The Balaban J connectivity index is 2.25. The molecule has 0 spiro atoms. The van der Waals surface area contributed by atoms with Crippen LogP contribution in [0.5, 0.6) is 0 Å². The third-order valence-electron chi connectivity index (χ3n) is 3.74. The first-order valence-electron chi connectivity index (χ1n) is 7.61. The summed E-state index contributed by atoms with van der Waals surface area (Å²) in [6.07, 6.45) is 7.59. The molecule has 116 valence electrons. The minimum atomic E-state index is 0.0719. The fourth-order valence-corrected chi connectivity index (χ4v) is 2.91. The van der Waals surface area contributed by atoms with Gasteiger partial charge in [0.1, 0.15) is 0 Å². The number of amides is 1. The smallest absolute Gasteiger partial charge is 0.224 e. The summed E-state index contributed by atoms with van der Waals surface area (Å²) < 4.78 is 0. The lowest BCUT2D eigenvalue weighted by molar-refractivity contribution is -0.129. The quantitative estimate of drug-likeness (QED) is 0.792. The van der Waals surface area contributed by atoms with Crippen LogP contribution in [0.4, 0.5) is 0 Å². The second-order valence-corrected chi connectivity index (χ2v) is 5.81. The van der Waals surface area contributed by atoms with Crippen molar-refractivity contribution in [1.29, 1.82) is 0 Å². The maximum absolute atomic E-state index is 11.9. The van der Waals surface area contributed by atoms with E-state index in [9.17, 15) is 4.79 Å². The highest BCUT2D eigenvalue weighted by Crippen LogP contribution is 2.21. The Hall–Kier alpha value is -2.29. The Bertz CT molecular complexity index is 616. The highest BCUT2D eigenvalue weighted by atomic mass is 16.2. The van der Waals surface area contributed by atoms with Gasteiger partial charge in [0, 0.05) is 26.2 Å². The maximum Gasteiger partial charge on any atom is 0.224 e. The van der Waals surface area contributed by atoms with Crippen LogP contribution >= 0.6 is 0 Å². The van der Waals surface area contributed by atoms with E-state index in [0.717, 1.165) is 18.8 Å². The van der Waals surface area contributed by atoms with Crippen LogP contribution in [-0.2, 0) is 11.3 Å². The molecule has 0 fully saturated rings. The molecule has 1 heterocycles. The first-order valence-corrected chi connectivity index (χ1v) is 7.61. The number of carbonyl (C=O) groups is 1. The second-order valence-electron chi connectivity index (χ2n) is 5.81. The first kappa shape index (κ1) is 16.1. The number of hydrogen-bond donors (Lipinski definition) is 0. The Morgan fingerprint density at radius 2 is 2.23 bits per heavy atom. The van der Waals surface area contributed by atoms with Crippen molar-refractivity contribution in [2.24, 2.45) is 0 Å². The van der Waals surface area contributed by atoms with Gasteiger partial charge in [-0.25, -0.2) is 0 Å². The molecule has 1 amide bonds. The van der Waals surface area contributed by atoms with E-state index >= 15 is 0 Å². The van der Waals surface area contributed by atoms with Crippen LogP contribution in [0.2, 0.25) is 0 Å². The molecule has 0 aliphatic carbocycles. The predicted octanol–water partition coefficient (Wildman–Crippen LogP) is 3.63. The van der Waals surface area contributed by atoms with Crippen LogP contribution in [0.3, 0.4) is 0 Å². The molecule has 0 radical (unpaired) electrons. The molecule has 0 N–H and O–H groups in total. The standard InChI is InChI=1S/C19H24N2O/c1-5-6-10-19-14-20(12-16(3)21(19)17(4)22)13-18-9-7-8-15(2)11-18/h5-11,14,16H,1,12-13H2,2-4H3/b10-6-. The van der Waals surface area contributed by atoms with Gasteiger partial charge in [-0.15, -0.1) is 0 Å². The SMILES string of the molecule is C=C/C=C\C1=CN(Cc2cccc(C)c2)CC(C)N1C(C)=O. The molecule has 3 nitrogen and oxygen atoms in total. The van der Waals surface area contributed by atoms with Gasteiger partial charge in [-0.2, -0.15) is 0 Å². The van der Waals surface area contributed by atoms with Gasteiger partial charge in [-0.1, -0.05) is 48.6 Å². The van der Waals surface area contributed by atoms with Crippen LogP contribution in [0.1, 0.15) is 25.0 Å². The molecule has 22 heavy (non-hydrogen) atoms. The van der Waals surface area contributed by atoms with Gasteiger partial charge in [0.15, 0.2) is 0 Å². The second kappa shape index (κ2) is 7.12. The summed E-state index contributed by atoms with van der Waals surface area (Å²) in [6.45, 7) is 11.2. The molecule has 0 aromatic heterocycles. The molecule has 0 saturated carbocycles. The molecule has 3 heteroatoms. The summed E-state index contributed by atoms with van der Waals surface area (Å²) in [7, 11) is 0. The van der Waals surface area contributed by atoms with Crippen LogP contribution in [-0.4, -0.2) is 28.3 Å². The fraction of sp³-hybridized carbons (Fsp3) is 0.316. The monoisotopic (exact) mass is 296 g/mol. The van der Waals surface area contributed by atoms with Crippen LogP contribution in [0.25, 0.3) is 0 Å². The summed E-state index contributed by atoms with van der Waals surface area (Å²) in [5.74, 6) is 0.0719. The number of nitrogens with zero attached hydrogens (tertiary/aromatic N) is 2. The lowest BCUT2D eigenvalue weighted by Crippen LogP contribution is -2.46. The van der Waals surface area contributed by atoms with Gasteiger partial charge >= 0.3 is 0 Å². The molecule has 2 rings (SSSR count). The van der Waals surface area contributed by atoms with E-state index in [4.69, 9.17) is 0 Å². The lowest BCUT2D eigenvalue weighted by atomic mass is 10.1. The normalized spacial score (nSPS) is 18.5. The molecule has 1 atom stereocenters. The van der Waals surface area contributed by atoms with Crippen molar-refractivity contribution in [2.75, 3.05) is 6.54 Å². The zero-order valence-electron chi connectivity index (χ0n) is 13.6. The molecule has 1 unspecified atom stereocenters. The Morgan fingerprint density at radius 1 is 1.45 bits per heavy atom. The van der Waals surface area contributed by atoms with Crippen molar-refractivity contribution in [3.63, 3.8) is 0 Å². The van der Waals surface area contributed by atoms with E-state index in [1.165, 1.54) is 11.1 Å². The first-order chi connectivity index (χ1) is 10.5. The topological polar surface area (TPSA) is 23.6 Å². The highest BCUT2D eigenvalue weighted by molar-refractivity contribution is 5.76. The molecule has 1 aliphatic rings. The van der Waals surface area contributed by atoms with Crippen LogP contribution in [0.15, 0.2) is 61.0 Å². The number of allylic oxidation sites excluding steroid dienone is 3. The minimum absolute atomic E-state index is 0.0719. The number of hydrogen-bond acceptors (Lipinski definition) is 2. The van der Waals surface area contributed by atoms with E-state index in [2.05, 4.69) is 55.8 Å². The van der Waals surface area contributed by atoms with Gasteiger partial charge < -0.3 is 9.80 Å². The molecule has 1 aliphatic heterocycles. The zero-order valence-corrected chi connectivity index (χ0v) is 13.6. The largest absolute Gasteiger partial charge is 0.369 e. The van der Waals surface area contributed by atoms with Crippen molar-refractivity contribution in [3.05, 3.63) is 72.1 Å². The van der Waals surface area contributed by atoms with Gasteiger partial charge in [-0.05, 0) is 25.5 Å². The minimum Gasteiger partial charge on any atom is -0.369 e. The van der Waals surface area contributed by atoms with Gasteiger partial charge in [-0.3, -0.25) is 4.79 Å². The predicted molar refractivity (Wildman–Crippen MR) is 91.0 cm³/mol. The van der Waals surface area contributed by atoms with Crippen molar-refractivity contribution >= 4 is 5.91 Å². The summed E-state index contributed by atoms with van der Waals surface area (Å²) in [5, 5.41) is 0. The molecule has 0 saturated heterocycles. The van der Waals surface area contributed by atoms with E-state index in [0.29, 0.717) is 0 Å². The zero-order chi connectivity index (χ0) is 16.1. The summed E-state index contributed by atoms with van der Waals surface area (Å²) in [5.41, 5.74) is 3.47. The average molecular weight is 296 g/mol. The Labute approximate surface area is 133 Å². The van der Waals surface area contributed by atoms with E-state index in [1.807, 2.05) is 17.1 Å². The molecular formula is C19H24N2O. The van der Waals surface area contributed by atoms with Crippen molar-refractivity contribution in [1.82, 2.24) is 9.80 Å². The van der Waals surface area contributed by atoms with Crippen LogP contribution < -0.4 is 0 Å². The molecule has 0 bridgehead atoms. The van der Waals surface area contributed by atoms with E-state index in [1.54, 1.807) is 13.0 Å². The molecule has 1 aromatic rings. The number of carbonyl (C=O) groups excluding carboxylic acids is 1. The van der Waals surface area contributed by atoms with Crippen molar-refractivity contribution in [2.45, 2.75) is 33.4 Å². The van der Waals surface area contributed by atoms with Crippen molar-refractivity contribution < 1.29 is 4.79 Å². The van der Waals surface area contributed by atoms with Crippen molar-refractivity contribution in [3.8, 4) is 0 Å². The maximum atomic E-state index is 11.9. The lowest BCUT2D eigenvalue weighted by Gasteiger charge is -2.38. The molecule has 1 aromatic carbocycles. The fourth-order valence-electron chi connectivity index (χ4n) is 2.91. The van der Waals surface area contributed by atoms with Gasteiger partial charge in [0.25, 0.3) is 0 Å². The van der Waals surface area contributed by atoms with E-state index in [-0.39, 0.29) is 11.9 Å². The number of aryl methyl sites for hydroxylation is 1. The Morgan fingerprint density at radius 3 is 2.86 bits per heavy atom. The van der Waals surface area contributed by atoms with E-state index < -0.39 is 0 Å². The van der Waals surface area contributed by atoms with Crippen LogP contribution in [0, 0.1) is 6.92 Å². The summed E-state index contributed by atoms with van der Waals surface area (Å²) in [6, 6.07) is 8.68. The third kappa shape index (κ3) is 3.88. The molecular weight excluding hydrogens is 272 g/mol. The van der Waals surface area contributed by atoms with Gasteiger partial charge in [0.05, 0.1) is 11.7 Å². The number of benzene rings is 1. The summed E-state index contributed by atoms with van der Waals surface area (Å²) in [4.78, 5) is 16.0.